The molecule has 0 spiro atoms. The fourth-order valence-electron chi connectivity index (χ4n) is 3.02. The minimum atomic E-state index is -4.58. The predicted molar refractivity (Wildman–Crippen MR) is 91.1 cm³/mol. The largest absolute Gasteiger partial charge is 0.417 e. The van der Waals surface area contributed by atoms with Gasteiger partial charge >= 0.3 is 6.18 Å². The zero-order valence-corrected chi connectivity index (χ0v) is 14.4. The van der Waals surface area contributed by atoms with E-state index in [1.807, 2.05) is 0 Å². The molecule has 0 heterocycles. The number of hydrogen-bond acceptors (Lipinski definition) is 1. The van der Waals surface area contributed by atoms with Crippen LogP contribution in [0.15, 0.2) is 42.5 Å². The van der Waals surface area contributed by atoms with Gasteiger partial charge in [-0.3, -0.25) is 4.79 Å². The first-order valence-corrected chi connectivity index (χ1v) is 8.45. The van der Waals surface area contributed by atoms with Crippen molar-refractivity contribution < 1.29 is 18.0 Å². The van der Waals surface area contributed by atoms with Crippen LogP contribution in [0.25, 0.3) is 0 Å². The molecule has 2 nitrogen and oxygen atoms in total. The summed E-state index contributed by atoms with van der Waals surface area (Å²) in [6.45, 7) is 0. The zero-order chi connectivity index (χ0) is 18.2. The molecular formula is C18H14Cl2F3NO. The van der Waals surface area contributed by atoms with Gasteiger partial charge in [0, 0.05) is 22.0 Å². The van der Waals surface area contributed by atoms with E-state index in [2.05, 4.69) is 5.32 Å². The highest BCUT2D eigenvalue weighted by Gasteiger charge is 2.38. The van der Waals surface area contributed by atoms with Crippen molar-refractivity contribution in [1.29, 1.82) is 0 Å². The number of carbonyl (C=O) groups excluding carboxylic acids is 1. The monoisotopic (exact) mass is 387 g/mol. The van der Waals surface area contributed by atoms with Gasteiger partial charge in [0.1, 0.15) is 0 Å². The van der Waals surface area contributed by atoms with Crippen molar-refractivity contribution in [2.75, 3.05) is 0 Å². The van der Waals surface area contributed by atoms with E-state index >= 15 is 0 Å². The van der Waals surface area contributed by atoms with Crippen molar-refractivity contribution >= 4 is 29.1 Å². The summed E-state index contributed by atoms with van der Waals surface area (Å²) in [5.41, 5.74) is -0.470. The first kappa shape index (κ1) is 18.1. The second kappa shape index (κ2) is 6.89. The van der Waals surface area contributed by atoms with Crippen LogP contribution in [-0.2, 0) is 6.18 Å². The van der Waals surface area contributed by atoms with Gasteiger partial charge in [-0.2, -0.15) is 13.2 Å². The fourth-order valence-corrected chi connectivity index (χ4v) is 3.57. The maximum Gasteiger partial charge on any atom is 0.417 e. The molecule has 1 saturated carbocycles. The van der Waals surface area contributed by atoms with Gasteiger partial charge in [-0.1, -0.05) is 41.4 Å². The third kappa shape index (κ3) is 3.77. The van der Waals surface area contributed by atoms with Crippen molar-refractivity contribution in [1.82, 2.24) is 5.32 Å². The lowest BCUT2D eigenvalue weighted by Gasteiger charge is -2.38. The van der Waals surface area contributed by atoms with E-state index < -0.39 is 17.6 Å². The average Bonchev–Trinajstić information content (AvgIpc) is 2.53. The number of halogens is 5. The lowest BCUT2D eigenvalue weighted by atomic mass is 9.75. The standard InChI is InChI=1S/C18H14Cl2F3NO/c19-10-5-6-11(15(20)9-10)12-7-8-16(12)24-17(25)13-3-1-2-4-14(13)18(21,22)23/h1-6,9,12,16H,7-8H2,(H,24,25)/t12-,16?/m1/s1. The van der Waals surface area contributed by atoms with Crippen LogP contribution in [0.1, 0.15) is 40.2 Å². The summed E-state index contributed by atoms with van der Waals surface area (Å²) < 4.78 is 39.2. The Kier molecular flexibility index (Phi) is 4.98. The lowest BCUT2D eigenvalue weighted by molar-refractivity contribution is -0.137. The molecule has 2 aromatic rings. The van der Waals surface area contributed by atoms with Crippen LogP contribution in [0, 0.1) is 0 Å². The van der Waals surface area contributed by atoms with Gasteiger partial charge in [-0.05, 0) is 42.7 Å². The summed E-state index contributed by atoms with van der Waals surface area (Å²) in [4.78, 5) is 12.4. The molecule has 0 saturated heterocycles. The highest BCUT2D eigenvalue weighted by atomic mass is 35.5. The molecule has 1 unspecified atom stereocenters. The first-order chi connectivity index (χ1) is 11.8. The van der Waals surface area contributed by atoms with E-state index in [9.17, 15) is 18.0 Å². The van der Waals surface area contributed by atoms with Crippen molar-refractivity contribution in [3.63, 3.8) is 0 Å². The quantitative estimate of drug-likeness (QED) is 0.719. The third-order valence-electron chi connectivity index (χ3n) is 4.43. The van der Waals surface area contributed by atoms with Crippen molar-refractivity contribution in [2.24, 2.45) is 0 Å². The Labute approximate surface area is 152 Å². The molecule has 2 aromatic carbocycles. The molecule has 132 valence electrons. The SMILES string of the molecule is O=C(NC1CC[C@@H]1c1ccc(Cl)cc1Cl)c1ccccc1C(F)(F)F. The van der Waals surface area contributed by atoms with Gasteiger partial charge in [0.15, 0.2) is 0 Å². The lowest BCUT2D eigenvalue weighted by Crippen LogP contribution is -2.45. The van der Waals surface area contributed by atoms with Crippen LogP contribution in [0.4, 0.5) is 13.2 Å². The van der Waals surface area contributed by atoms with Crippen LogP contribution in [0.2, 0.25) is 10.0 Å². The smallest absolute Gasteiger partial charge is 0.349 e. The fraction of sp³-hybridized carbons (Fsp3) is 0.278. The third-order valence-corrected chi connectivity index (χ3v) is 4.99. The molecule has 0 aromatic heterocycles. The number of carbonyl (C=O) groups is 1. The minimum absolute atomic E-state index is 0.0354. The van der Waals surface area contributed by atoms with E-state index in [0.29, 0.717) is 16.5 Å². The van der Waals surface area contributed by atoms with Crippen LogP contribution >= 0.6 is 23.2 Å². The molecule has 3 rings (SSSR count). The van der Waals surface area contributed by atoms with Gasteiger partial charge in [0.25, 0.3) is 5.91 Å². The summed E-state index contributed by atoms with van der Waals surface area (Å²) in [5.74, 6) is -0.764. The first-order valence-electron chi connectivity index (χ1n) is 7.69. The zero-order valence-electron chi connectivity index (χ0n) is 12.9. The number of rotatable bonds is 3. The Balaban J connectivity index is 1.78. The Bertz CT molecular complexity index is 807. The second-order valence-corrected chi connectivity index (χ2v) is 6.82. The van der Waals surface area contributed by atoms with Crippen molar-refractivity contribution in [3.8, 4) is 0 Å². The molecule has 7 heteroatoms. The maximum absolute atomic E-state index is 13.1. The van der Waals surface area contributed by atoms with Crippen LogP contribution in [0.3, 0.4) is 0 Å². The highest BCUT2D eigenvalue weighted by Crippen LogP contribution is 2.41. The van der Waals surface area contributed by atoms with Gasteiger partial charge < -0.3 is 5.32 Å². The van der Waals surface area contributed by atoms with E-state index in [1.165, 1.54) is 18.2 Å². The molecule has 0 bridgehead atoms. The van der Waals surface area contributed by atoms with E-state index in [0.717, 1.165) is 18.1 Å². The topological polar surface area (TPSA) is 29.1 Å². The van der Waals surface area contributed by atoms with Crippen LogP contribution < -0.4 is 5.32 Å². The molecule has 1 amide bonds. The predicted octanol–water partition coefficient (Wildman–Crippen LogP) is 5.69. The van der Waals surface area contributed by atoms with E-state index in [-0.39, 0.29) is 17.5 Å². The van der Waals surface area contributed by atoms with Gasteiger partial charge in [0.2, 0.25) is 0 Å². The van der Waals surface area contributed by atoms with Gasteiger partial charge in [0.05, 0.1) is 11.1 Å². The number of alkyl halides is 3. The Morgan fingerprint density at radius 3 is 2.40 bits per heavy atom. The maximum atomic E-state index is 13.1. The number of amides is 1. The molecule has 2 atom stereocenters. The average molecular weight is 388 g/mol. The molecule has 1 aliphatic carbocycles. The molecule has 0 aliphatic heterocycles. The summed E-state index contributed by atoms with van der Waals surface area (Å²) >= 11 is 12.1. The van der Waals surface area contributed by atoms with Crippen molar-refractivity contribution in [3.05, 3.63) is 69.2 Å². The molecule has 1 aliphatic rings. The molecular weight excluding hydrogens is 374 g/mol. The Morgan fingerprint density at radius 2 is 1.80 bits per heavy atom. The highest BCUT2D eigenvalue weighted by molar-refractivity contribution is 6.35. The van der Waals surface area contributed by atoms with E-state index in [1.54, 1.807) is 18.2 Å². The normalized spacial score (nSPS) is 20.0. The van der Waals surface area contributed by atoms with Crippen LogP contribution in [0.5, 0.6) is 0 Å². The second-order valence-electron chi connectivity index (χ2n) is 5.97. The number of benzene rings is 2. The summed E-state index contributed by atoms with van der Waals surface area (Å²) in [6, 6.07) is 9.62. The number of hydrogen-bond donors (Lipinski definition) is 1. The minimum Gasteiger partial charge on any atom is -0.349 e. The Morgan fingerprint density at radius 1 is 1.08 bits per heavy atom. The van der Waals surface area contributed by atoms with Crippen LogP contribution in [-0.4, -0.2) is 11.9 Å². The van der Waals surface area contributed by atoms with Crippen molar-refractivity contribution in [2.45, 2.75) is 31.0 Å². The van der Waals surface area contributed by atoms with Gasteiger partial charge in [-0.25, -0.2) is 0 Å². The summed E-state index contributed by atoms with van der Waals surface area (Å²) in [5, 5.41) is 3.70. The molecule has 25 heavy (non-hydrogen) atoms. The summed E-state index contributed by atoms with van der Waals surface area (Å²) in [6.07, 6.45) is -3.09. The number of nitrogens with one attached hydrogen (secondary N) is 1. The van der Waals surface area contributed by atoms with E-state index in [4.69, 9.17) is 23.2 Å². The molecule has 1 N–H and O–H groups in total. The Hall–Kier alpha value is -1.72. The molecule has 0 radical (unpaired) electrons. The summed E-state index contributed by atoms with van der Waals surface area (Å²) in [7, 11) is 0. The van der Waals surface area contributed by atoms with Gasteiger partial charge in [-0.15, -0.1) is 0 Å². The molecule has 1 fully saturated rings.